The van der Waals surface area contributed by atoms with Gasteiger partial charge >= 0.3 is 0 Å². The number of fused-ring (bicyclic) bond motifs is 1. The summed E-state index contributed by atoms with van der Waals surface area (Å²) < 4.78 is 14.1. The van der Waals surface area contributed by atoms with Crippen molar-refractivity contribution in [3.63, 3.8) is 0 Å². The average molecular weight is 386 g/mol. The van der Waals surface area contributed by atoms with E-state index in [-0.39, 0.29) is 12.2 Å². The van der Waals surface area contributed by atoms with Gasteiger partial charge in [0.05, 0.1) is 30.3 Å². The van der Waals surface area contributed by atoms with Gasteiger partial charge in [0, 0.05) is 32.8 Å². The second kappa shape index (κ2) is 8.92. The molecule has 0 radical (unpaired) electrons. The number of benzene rings is 1. The zero-order chi connectivity index (χ0) is 19.3. The molecule has 0 amide bonds. The number of rotatable bonds is 5. The van der Waals surface area contributed by atoms with Crippen LogP contribution < -0.4 is 5.32 Å². The van der Waals surface area contributed by atoms with Crippen molar-refractivity contribution in [2.24, 2.45) is 4.99 Å². The predicted octanol–water partition coefficient (Wildman–Crippen LogP) is 2.19. The first kappa shape index (κ1) is 19.2. The molecule has 0 spiro atoms. The third-order valence-electron chi connectivity index (χ3n) is 5.54. The highest BCUT2D eigenvalue weighted by atomic mass is 16.5. The van der Waals surface area contributed by atoms with Crippen LogP contribution in [-0.4, -0.2) is 72.0 Å². The fourth-order valence-corrected chi connectivity index (χ4v) is 4.15. The van der Waals surface area contributed by atoms with Crippen molar-refractivity contribution < 1.29 is 9.47 Å². The van der Waals surface area contributed by atoms with Crippen molar-refractivity contribution in [3.8, 4) is 0 Å². The van der Waals surface area contributed by atoms with Gasteiger partial charge in [-0.05, 0) is 38.8 Å². The van der Waals surface area contributed by atoms with Crippen LogP contribution in [-0.2, 0) is 16.0 Å². The number of imidazole rings is 1. The molecule has 1 aromatic heterocycles. The summed E-state index contributed by atoms with van der Waals surface area (Å²) >= 11 is 0. The summed E-state index contributed by atoms with van der Waals surface area (Å²) in [6.07, 6.45) is 2.60. The Kier molecular flexibility index (Phi) is 6.12. The second-order valence-electron chi connectivity index (χ2n) is 7.44. The van der Waals surface area contributed by atoms with Gasteiger partial charge in [0.2, 0.25) is 0 Å². The van der Waals surface area contributed by atoms with E-state index in [0.717, 1.165) is 69.5 Å². The van der Waals surface area contributed by atoms with Gasteiger partial charge in [-0.15, -0.1) is 0 Å². The summed E-state index contributed by atoms with van der Waals surface area (Å²) in [6, 6.07) is 8.28. The lowest BCUT2D eigenvalue weighted by molar-refractivity contribution is -0.0817. The number of ether oxygens (including phenoxy) is 2. The Balaban J connectivity index is 1.43. The summed E-state index contributed by atoms with van der Waals surface area (Å²) in [5.74, 6) is 2.00. The molecule has 2 atom stereocenters. The van der Waals surface area contributed by atoms with E-state index in [1.165, 1.54) is 5.52 Å². The van der Waals surface area contributed by atoms with E-state index in [1.807, 2.05) is 6.07 Å². The Morgan fingerprint density at radius 1 is 1.25 bits per heavy atom. The van der Waals surface area contributed by atoms with Gasteiger partial charge in [-0.1, -0.05) is 12.1 Å². The normalized spacial score (nSPS) is 23.5. The topological polar surface area (TPSA) is 63.9 Å². The maximum atomic E-state index is 5.99. The zero-order valence-corrected chi connectivity index (χ0v) is 16.9. The molecule has 0 bridgehead atoms. The van der Waals surface area contributed by atoms with Crippen LogP contribution in [0, 0.1) is 6.92 Å². The molecular formula is C21H31N5O2. The van der Waals surface area contributed by atoms with Gasteiger partial charge in [-0.3, -0.25) is 4.99 Å². The van der Waals surface area contributed by atoms with Crippen LogP contribution in [0.25, 0.3) is 11.0 Å². The van der Waals surface area contributed by atoms with E-state index in [2.05, 4.69) is 51.8 Å². The summed E-state index contributed by atoms with van der Waals surface area (Å²) in [4.78, 5) is 11.9. The molecule has 4 rings (SSSR count). The number of hydrogen-bond donors (Lipinski definition) is 1. The van der Waals surface area contributed by atoms with Crippen molar-refractivity contribution in [1.29, 1.82) is 0 Å². The van der Waals surface area contributed by atoms with E-state index in [4.69, 9.17) is 14.5 Å². The standard InChI is InChI=1S/C21H31N5O2/c1-3-22-21(25-12-14-28-20(15-25)19-9-6-13-27-19)23-10-11-26-16(2)24-17-7-4-5-8-18(17)26/h4-5,7-8,19-20H,3,6,9-15H2,1-2H3,(H,22,23). The van der Waals surface area contributed by atoms with Crippen LogP contribution in [0.3, 0.4) is 0 Å². The van der Waals surface area contributed by atoms with E-state index in [1.54, 1.807) is 0 Å². The molecule has 0 saturated carbocycles. The first-order valence-corrected chi connectivity index (χ1v) is 10.4. The average Bonchev–Trinajstić information content (AvgIpc) is 3.36. The largest absolute Gasteiger partial charge is 0.375 e. The van der Waals surface area contributed by atoms with E-state index >= 15 is 0 Å². The molecular weight excluding hydrogens is 354 g/mol. The molecule has 2 aliphatic rings. The van der Waals surface area contributed by atoms with Crippen LogP contribution in [0.5, 0.6) is 0 Å². The van der Waals surface area contributed by atoms with Gasteiger partial charge in [0.25, 0.3) is 0 Å². The van der Waals surface area contributed by atoms with Crippen LogP contribution in [0.2, 0.25) is 0 Å². The first-order chi connectivity index (χ1) is 13.8. The van der Waals surface area contributed by atoms with Gasteiger partial charge in [0.15, 0.2) is 5.96 Å². The molecule has 28 heavy (non-hydrogen) atoms. The number of morpholine rings is 1. The fraction of sp³-hybridized carbons (Fsp3) is 0.619. The second-order valence-corrected chi connectivity index (χ2v) is 7.44. The summed E-state index contributed by atoms with van der Waals surface area (Å²) in [6.45, 7) is 9.84. The SMILES string of the molecule is CCNC(=NCCn1c(C)nc2ccccc21)N1CCOC(C2CCCO2)C1. The number of para-hydroxylation sites is 2. The monoisotopic (exact) mass is 385 g/mol. The summed E-state index contributed by atoms with van der Waals surface area (Å²) in [5.41, 5.74) is 2.22. The molecule has 1 N–H and O–H groups in total. The molecule has 152 valence electrons. The molecule has 7 nitrogen and oxygen atoms in total. The minimum atomic E-state index is 0.139. The molecule has 2 fully saturated rings. The third kappa shape index (κ3) is 4.15. The van der Waals surface area contributed by atoms with E-state index in [0.29, 0.717) is 6.54 Å². The van der Waals surface area contributed by atoms with Crippen molar-refractivity contribution in [2.45, 2.75) is 45.4 Å². The van der Waals surface area contributed by atoms with Crippen molar-refractivity contribution in [2.75, 3.05) is 39.4 Å². The van der Waals surface area contributed by atoms with E-state index in [9.17, 15) is 0 Å². The van der Waals surface area contributed by atoms with Crippen molar-refractivity contribution >= 4 is 17.0 Å². The molecule has 7 heteroatoms. The van der Waals surface area contributed by atoms with Crippen molar-refractivity contribution in [3.05, 3.63) is 30.1 Å². The number of nitrogens with one attached hydrogen (secondary N) is 1. The number of nitrogens with zero attached hydrogens (tertiary/aromatic N) is 4. The Labute approximate surface area is 166 Å². The smallest absolute Gasteiger partial charge is 0.194 e. The highest BCUT2D eigenvalue weighted by Gasteiger charge is 2.32. The number of hydrogen-bond acceptors (Lipinski definition) is 4. The first-order valence-electron chi connectivity index (χ1n) is 10.4. The van der Waals surface area contributed by atoms with E-state index < -0.39 is 0 Å². The van der Waals surface area contributed by atoms with Gasteiger partial charge in [0.1, 0.15) is 11.9 Å². The highest BCUT2D eigenvalue weighted by molar-refractivity contribution is 5.80. The Hall–Kier alpha value is -2.12. The van der Waals surface area contributed by atoms with Crippen LogP contribution in [0.1, 0.15) is 25.6 Å². The molecule has 2 saturated heterocycles. The number of guanidine groups is 1. The lowest BCUT2D eigenvalue weighted by Gasteiger charge is -2.37. The number of aliphatic imine (C=N–C) groups is 1. The molecule has 3 heterocycles. The molecule has 2 aromatic rings. The highest BCUT2D eigenvalue weighted by Crippen LogP contribution is 2.21. The van der Waals surface area contributed by atoms with Crippen LogP contribution in [0.15, 0.2) is 29.3 Å². The molecule has 2 unspecified atom stereocenters. The number of aromatic nitrogens is 2. The predicted molar refractivity (Wildman–Crippen MR) is 111 cm³/mol. The van der Waals surface area contributed by atoms with Crippen LogP contribution in [0.4, 0.5) is 0 Å². The van der Waals surface area contributed by atoms with Gasteiger partial charge < -0.3 is 24.3 Å². The Morgan fingerprint density at radius 3 is 2.93 bits per heavy atom. The lowest BCUT2D eigenvalue weighted by Crippen LogP contribution is -2.53. The fourth-order valence-electron chi connectivity index (χ4n) is 4.15. The maximum absolute atomic E-state index is 5.99. The minimum Gasteiger partial charge on any atom is -0.375 e. The quantitative estimate of drug-likeness (QED) is 0.631. The third-order valence-corrected chi connectivity index (χ3v) is 5.54. The minimum absolute atomic E-state index is 0.139. The molecule has 2 aliphatic heterocycles. The Morgan fingerprint density at radius 2 is 2.11 bits per heavy atom. The summed E-state index contributed by atoms with van der Waals surface area (Å²) in [5, 5.41) is 3.45. The maximum Gasteiger partial charge on any atom is 0.194 e. The molecule has 1 aromatic carbocycles. The summed E-state index contributed by atoms with van der Waals surface area (Å²) in [7, 11) is 0. The number of aryl methyl sites for hydroxylation is 1. The molecule has 0 aliphatic carbocycles. The van der Waals surface area contributed by atoms with Crippen LogP contribution >= 0.6 is 0 Å². The zero-order valence-electron chi connectivity index (χ0n) is 16.9. The van der Waals surface area contributed by atoms with Crippen molar-refractivity contribution in [1.82, 2.24) is 19.8 Å². The lowest BCUT2D eigenvalue weighted by atomic mass is 10.1. The van der Waals surface area contributed by atoms with Gasteiger partial charge in [-0.2, -0.15) is 0 Å². The Bertz CT molecular complexity index is 812. The van der Waals surface area contributed by atoms with Gasteiger partial charge in [-0.25, -0.2) is 4.98 Å².